The molecule has 0 saturated heterocycles. The Hall–Kier alpha value is -1.10. The summed E-state index contributed by atoms with van der Waals surface area (Å²) < 4.78 is 0. The first-order valence-corrected chi connectivity index (χ1v) is 7.99. The molecule has 0 radical (unpaired) electrons. The highest BCUT2D eigenvalue weighted by molar-refractivity contribution is 7.09. The van der Waals surface area contributed by atoms with E-state index >= 15 is 0 Å². The van der Waals surface area contributed by atoms with Gasteiger partial charge in [0.2, 0.25) is 0 Å². The molecule has 2 N–H and O–H groups in total. The molecule has 1 saturated carbocycles. The number of aliphatic imine (C=N–C) groups is 1. The van der Waals surface area contributed by atoms with Gasteiger partial charge in [-0.3, -0.25) is 4.99 Å². The minimum Gasteiger partial charge on any atom is -0.356 e. The average molecular weight is 280 g/mol. The van der Waals surface area contributed by atoms with E-state index in [0.29, 0.717) is 6.04 Å². The van der Waals surface area contributed by atoms with Gasteiger partial charge in [0.15, 0.2) is 5.96 Å². The lowest BCUT2D eigenvalue weighted by Gasteiger charge is -2.11. The highest BCUT2D eigenvalue weighted by Gasteiger charge is 2.36. The first-order chi connectivity index (χ1) is 9.22. The molecule has 1 fully saturated rings. The van der Waals surface area contributed by atoms with Crippen LogP contribution in [0, 0.1) is 12.8 Å². The van der Waals surface area contributed by atoms with Crippen LogP contribution in [0.5, 0.6) is 0 Å². The van der Waals surface area contributed by atoms with Gasteiger partial charge in [-0.2, -0.15) is 0 Å². The minimum atomic E-state index is 0.632. The van der Waals surface area contributed by atoms with E-state index in [4.69, 9.17) is 0 Å². The number of guanidine groups is 1. The van der Waals surface area contributed by atoms with Crippen molar-refractivity contribution in [1.29, 1.82) is 0 Å². The second-order valence-corrected chi connectivity index (χ2v) is 6.20. The molecule has 4 nitrogen and oxygen atoms in total. The molecule has 1 aliphatic rings. The third-order valence-corrected chi connectivity index (χ3v) is 4.29. The van der Waals surface area contributed by atoms with Crippen molar-refractivity contribution in [3.8, 4) is 0 Å². The number of thiazole rings is 1. The minimum absolute atomic E-state index is 0.632. The molecule has 19 heavy (non-hydrogen) atoms. The molecule has 0 spiro atoms. The standard InChI is InChI=1S/C14H24N4S/c1-4-5-11-8-13(11)18-14(15-3)16-7-6-12-9-19-10(2)17-12/h9,11,13H,4-8H2,1-3H3,(H2,15,16,18). The zero-order valence-corrected chi connectivity index (χ0v) is 12.9. The van der Waals surface area contributed by atoms with Crippen LogP contribution in [0.25, 0.3) is 0 Å². The molecule has 1 heterocycles. The topological polar surface area (TPSA) is 49.3 Å². The molecule has 0 amide bonds. The van der Waals surface area contributed by atoms with Crippen molar-refractivity contribution in [3.63, 3.8) is 0 Å². The van der Waals surface area contributed by atoms with Crippen molar-refractivity contribution in [2.24, 2.45) is 10.9 Å². The second kappa shape index (κ2) is 6.89. The fourth-order valence-corrected chi connectivity index (χ4v) is 2.96. The molecule has 1 aliphatic carbocycles. The van der Waals surface area contributed by atoms with Crippen molar-refractivity contribution in [2.75, 3.05) is 13.6 Å². The molecule has 2 rings (SSSR count). The highest BCUT2D eigenvalue weighted by atomic mass is 32.1. The maximum absolute atomic E-state index is 4.46. The van der Waals surface area contributed by atoms with E-state index in [9.17, 15) is 0 Å². The van der Waals surface area contributed by atoms with Crippen LogP contribution < -0.4 is 10.6 Å². The van der Waals surface area contributed by atoms with Gasteiger partial charge in [0.25, 0.3) is 0 Å². The Bertz CT molecular complexity index is 427. The van der Waals surface area contributed by atoms with Crippen LogP contribution in [0.1, 0.15) is 36.9 Å². The van der Waals surface area contributed by atoms with Crippen LogP contribution in [0.15, 0.2) is 10.4 Å². The van der Waals surface area contributed by atoms with E-state index in [1.165, 1.54) is 25.0 Å². The lowest BCUT2D eigenvalue weighted by molar-refractivity contribution is 0.655. The normalized spacial score (nSPS) is 22.4. The summed E-state index contributed by atoms with van der Waals surface area (Å²) in [4.78, 5) is 8.74. The van der Waals surface area contributed by atoms with Crippen molar-refractivity contribution in [3.05, 3.63) is 16.1 Å². The van der Waals surface area contributed by atoms with E-state index in [2.05, 4.69) is 32.9 Å². The Morgan fingerprint density at radius 2 is 2.42 bits per heavy atom. The van der Waals surface area contributed by atoms with Crippen LogP contribution in [-0.4, -0.2) is 30.6 Å². The maximum Gasteiger partial charge on any atom is 0.191 e. The van der Waals surface area contributed by atoms with Crippen LogP contribution in [0.3, 0.4) is 0 Å². The summed E-state index contributed by atoms with van der Waals surface area (Å²) in [5.74, 6) is 1.78. The first-order valence-electron chi connectivity index (χ1n) is 7.11. The number of nitrogens with one attached hydrogen (secondary N) is 2. The lowest BCUT2D eigenvalue weighted by atomic mass is 10.2. The van der Waals surface area contributed by atoms with Gasteiger partial charge in [0, 0.05) is 31.4 Å². The molecule has 0 aliphatic heterocycles. The molecule has 1 aromatic heterocycles. The van der Waals surface area contributed by atoms with Gasteiger partial charge in [-0.05, 0) is 25.7 Å². The third kappa shape index (κ3) is 4.49. The maximum atomic E-state index is 4.46. The molecule has 1 aromatic rings. The zero-order chi connectivity index (χ0) is 13.7. The van der Waals surface area contributed by atoms with E-state index in [1.807, 2.05) is 14.0 Å². The summed E-state index contributed by atoms with van der Waals surface area (Å²) >= 11 is 1.71. The predicted molar refractivity (Wildman–Crippen MR) is 81.9 cm³/mol. The van der Waals surface area contributed by atoms with E-state index in [0.717, 1.165) is 29.9 Å². The van der Waals surface area contributed by atoms with Crippen LogP contribution in [-0.2, 0) is 6.42 Å². The first kappa shape index (κ1) is 14.3. The molecular formula is C14H24N4S. The highest BCUT2D eigenvalue weighted by Crippen LogP contribution is 2.34. The monoisotopic (exact) mass is 280 g/mol. The SMILES string of the molecule is CCCC1CC1NC(=NC)NCCc1csc(C)n1. The Kier molecular flexibility index (Phi) is 5.19. The number of hydrogen-bond acceptors (Lipinski definition) is 3. The summed E-state index contributed by atoms with van der Waals surface area (Å²) in [5.41, 5.74) is 1.17. The van der Waals surface area contributed by atoms with Crippen LogP contribution >= 0.6 is 11.3 Å². The van der Waals surface area contributed by atoms with E-state index < -0.39 is 0 Å². The summed E-state index contributed by atoms with van der Waals surface area (Å²) in [5, 5.41) is 10.1. The van der Waals surface area contributed by atoms with Gasteiger partial charge < -0.3 is 10.6 Å². The molecule has 0 aromatic carbocycles. The van der Waals surface area contributed by atoms with Gasteiger partial charge >= 0.3 is 0 Å². The van der Waals surface area contributed by atoms with Gasteiger partial charge in [-0.25, -0.2) is 4.98 Å². The molecule has 0 bridgehead atoms. The Labute approximate surface area is 119 Å². The molecule has 2 unspecified atom stereocenters. The van der Waals surface area contributed by atoms with Crippen molar-refractivity contribution >= 4 is 17.3 Å². The number of hydrogen-bond donors (Lipinski definition) is 2. The Morgan fingerprint density at radius 1 is 1.58 bits per heavy atom. The summed E-state index contributed by atoms with van der Waals surface area (Å²) in [6.07, 6.45) is 4.85. The number of aryl methyl sites for hydroxylation is 1. The third-order valence-electron chi connectivity index (χ3n) is 3.47. The lowest BCUT2D eigenvalue weighted by Crippen LogP contribution is -2.40. The summed E-state index contributed by atoms with van der Waals surface area (Å²) in [6.45, 7) is 5.18. The molecule has 2 atom stereocenters. The van der Waals surface area contributed by atoms with Gasteiger partial charge in [0.05, 0.1) is 10.7 Å². The largest absolute Gasteiger partial charge is 0.356 e. The number of nitrogens with zero attached hydrogens (tertiary/aromatic N) is 2. The van der Waals surface area contributed by atoms with Crippen LogP contribution in [0.2, 0.25) is 0 Å². The van der Waals surface area contributed by atoms with Crippen LogP contribution in [0.4, 0.5) is 0 Å². The smallest absolute Gasteiger partial charge is 0.191 e. The molecular weight excluding hydrogens is 256 g/mol. The fraction of sp³-hybridized carbons (Fsp3) is 0.714. The van der Waals surface area contributed by atoms with E-state index in [-0.39, 0.29) is 0 Å². The number of rotatable bonds is 6. The molecule has 106 valence electrons. The van der Waals surface area contributed by atoms with Crippen molar-refractivity contribution in [1.82, 2.24) is 15.6 Å². The fourth-order valence-electron chi connectivity index (χ4n) is 2.32. The predicted octanol–water partition coefficient (Wildman–Crippen LogP) is 2.35. The van der Waals surface area contributed by atoms with Gasteiger partial charge in [-0.1, -0.05) is 13.3 Å². The van der Waals surface area contributed by atoms with Crippen molar-refractivity contribution in [2.45, 2.75) is 45.6 Å². The second-order valence-electron chi connectivity index (χ2n) is 5.14. The van der Waals surface area contributed by atoms with E-state index in [1.54, 1.807) is 11.3 Å². The molecule has 5 heteroatoms. The average Bonchev–Trinajstić information content (AvgIpc) is 2.99. The zero-order valence-electron chi connectivity index (χ0n) is 12.1. The number of aromatic nitrogens is 1. The van der Waals surface area contributed by atoms with Crippen molar-refractivity contribution < 1.29 is 0 Å². The Balaban J connectivity index is 1.66. The van der Waals surface area contributed by atoms with Gasteiger partial charge in [-0.15, -0.1) is 11.3 Å². The van der Waals surface area contributed by atoms with Gasteiger partial charge in [0.1, 0.15) is 0 Å². The summed E-state index contributed by atoms with van der Waals surface area (Å²) in [6, 6.07) is 0.632. The Morgan fingerprint density at radius 3 is 3.05 bits per heavy atom. The quantitative estimate of drug-likeness (QED) is 0.621. The summed E-state index contributed by atoms with van der Waals surface area (Å²) in [7, 11) is 1.83.